The van der Waals surface area contributed by atoms with Gasteiger partial charge < -0.3 is 10.6 Å². The molecule has 0 saturated heterocycles. The predicted octanol–water partition coefficient (Wildman–Crippen LogP) is 1.89. The number of benzene rings is 1. The average molecular weight is 267 g/mol. The highest BCUT2D eigenvalue weighted by molar-refractivity contribution is 6.00. The zero-order valence-electron chi connectivity index (χ0n) is 10.7. The van der Waals surface area contributed by atoms with E-state index in [1.807, 2.05) is 18.2 Å². The van der Waals surface area contributed by atoms with E-state index in [0.717, 1.165) is 5.56 Å². The summed E-state index contributed by atoms with van der Waals surface area (Å²) in [5, 5.41) is 5.53. The average Bonchev–Trinajstić information content (AvgIpc) is 2.77. The number of fused-ring (bicyclic) bond motifs is 1. The molecule has 1 aliphatic heterocycles. The molecular formula is C15H13N3O2. The summed E-state index contributed by atoms with van der Waals surface area (Å²) < 4.78 is 0. The van der Waals surface area contributed by atoms with E-state index in [0.29, 0.717) is 11.4 Å². The largest absolute Gasteiger partial charge is 0.345 e. The number of hydrogen-bond acceptors (Lipinski definition) is 3. The van der Waals surface area contributed by atoms with E-state index in [1.165, 1.54) is 0 Å². The van der Waals surface area contributed by atoms with Crippen molar-refractivity contribution in [2.24, 2.45) is 0 Å². The SMILES string of the molecule is O=C(CC1NC(=O)c2ccccc21)Nc1ccccn1. The molecule has 5 heteroatoms. The number of nitrogens with zero attached hydrogens (tertiary/aromatic N) is 1. The second-order valence-electron chi connectivity index (χ2n) is 4.58. The highest BCUT2D eigenvalue weighted by atomic mass is 16.2. The van der Waals surface area contributed by atoms with Crippen LogP contribution < -0.4 is 10.6 Å². The molecule has 0 aliphatic carbocycles. The van der Waals surface area contributed by atoms with E-state index in [2.05, 4.69) is 15.6 Å². The van der Waals surface area contributed by atoms with Gasteiger partial charge in [0.05, 0.1) is 12.5 Å². The van der Waals surface area contributed by atoms with Crippen molar-refractivity contribution in [3.63, 3.8) is 0 Å². The van der Waals surface area contributed by atoms with Gasteiger partial charge >= 0.3 is 0 Å². The van der Waals surface area contributed by atoms with Crippen molar-refractivity contribution in [2.45, 2.75) is 12.5 Å². The Kier molecular flexibility index (Phi) is 3.16. The highest BCUT2D eigenvalue weighted by Gasteiger charge is 2.29. The molecule has 0 bridgehead atoms. The van der Waals surface area contributed by atoms with Crippen molar-refractivity contribution in [2.75, 3.05) is 5.32 Å². The summed E-state index contributed by atoms with van der Waals surface area (Å²) in [5.41, 5.74) is 1.51. The molecule has 5 nitrogen and oxygen atoms in total. The van der Waals surface area contributed by atoms with Gasteiger partial charge in [-0.25, -0.2) is 4.98 Å². The smallest absolute Gasteiger partial charge is 0.252 e. The molecule has 20 heavy (non-hydrogen) atoms. The van der Waals surface area contributed by atoms with Crippen LogP contribution in [-0.2, 0) is 4.79 Å². The van der Waals surface area contributed by atoms with Crippen molar-refractivity contribution >= 4 is 17.6 Å². The third kappa shape index (κ3) is 2.38. The first-order valence-electron chi connectivity index (χ1n) is 6.35. The lowest BCUT2D eigenvalue weighted by Crippen LogP contribution is -2.24. The summed E-state index contributed by atoms with van der Waals surface area (Å²) in [7, 11) is 0. The molecule has 2 aromatic rings. The number of nitrogens with one attached hydrogen (secondary N) is 2. The zero-order chi connectivity index (χ0) is 13.9. The van der Waals surface area contributed by atoms with Gasteiger partial charge in [-0.3, -0.25) is 9.59 Å². The molecule has 100 valence electrons. The summed E-state index contributed by atoms with van der Waals surface area (Å²) in [4.78, 5) is 27.8. The first kappa shape index (κ1) is 12.3. The fourth-order valence-electron chi connectivity index (χ4n) is 2.30. The third-order valence-electron chi connectivity index (χ3n) is 3.21. The Balaban J connectivity index is 1.70. The van der Waals surface area contributed by atoms with Crippen LogP contribution in [0.2, 0.25) is 0 Å². The van der Waals surface area contributed by atoms with E-state index in [1.54, 1.807) is 30.5 Å². The Labute approximate surface area is 116 Å². The van der Waals surface area contributed by atoms with Gasteiger partial charge in [-0.05, 0) is 23.8 Å². The summed E-state index contributed by atoms with van der Waals surface area (Å²) in [6.45, 7) is 0. The topological polar surface area (TPSA) is 71.1 Å². The quantitative estimate of drug-likeness (QED) is 0.892. The van der Waals surface area contributed by atoms with Crippen LogP contribution in [0.25, 0.3) is 0 Å². The minimum atomic E-state index is -0.276. The Hall–Kier alpha value is -2.69. The molecular weight excluding hydrogens is 254 g/mol. The monoisotopic (exact) mass is 267 g/mol. The highest BCUT2D eigenvalue weighted by Crippen LogP contribution is 2.27. The van der Waals surface area contributed by atoms with Gasteiger partial charge in [0.25, 0.3) is 5.91 Å². The van der Waals surface area contributed by atoms with Gasteiger partial charge in [0, 0.05) is 11.8 Å². The second-order valence-corrected chi connectivity index (χ2v) is 4.58. The molecule has 0 fully saturated rings. The van der Waals surface area contributed by atoms with Crippen LogP contribution in [0.1, 0.15) is 28.4 Å². The van der Waals surface area contributed by atoms with E-state index < -0.39 is 0 Å². The number of aromatic nitrogens is 1. The number of pyridine rings is 1. The van der Waals surface area contributed by atoms with Crippen molar-refractivity contribution in [1.82, 2.24) is 10.3 Å². The van der Waals surface area contributed by atoms with Crippen LogP contribution in [0.4, 0.5) is 5.82 Å². The second kappa shape index (κ2) is 5.13. The standard InChI is InChI=1S/C15H13N3O2/c19-14(18-13-7-3-4-8-16-13)9-12-10-5-1-2-6-11(10)15(20)17-12/h1-8,12H,9H2,(H,17,20)(H,16,18,19). The maximum Gasteiger partial charge on any atom is 0.252 e. The van der Waals surface area contributed by atoms with Crippen LogP contribution >= 0.6 is 0 Å². The molecule has 0 saturated carbocycles. The number of carbonyl (C=O) groups excluding carboxylic acids is 2. The molecule has 2 heterocycles. The molecule has 1 aromatic carbocycles. The van der Waals surface area contributed by atoms with Crippen LogP contribution in [-0.4, -0.2) is 16.8 Å². The lowest BCUT2D eigenvalue weighted by molar-refractivity contribution is -0.116. The molecule has 0 radical (unpaired) electrons. The van der Waals surface area contributed by atoms with Crippen LogP contribution in [0.3, 0.4) is 0 Å². The number of hydrogen-bond donors (Lipinski definition) is 2. The van der Waals surface area contributed by atoms with Crippen molar-refractivity contribution in [3.8, 4) is 0 Å². The van der Waals surface area contributed by atoms with Gasteiger partial charge in [-0.1, -0.05) is 24.3 Å². The number of rotatable bonds is 3. The zero-order valence-corrected chi connectivity index (χ0v) is 10.7. The summed E-state index contributed by atoms with van der Waals surface area (Å²) in [6, 6.07) is 12.3. The Morgan fingerprint density at radius 1 is 1.20 bits per heavy atom. The Morgan fingerprint density at radius 3 is 2.80 bits per heavy atom. The number of carbonyl (C=O) groups is 2. The van der Waals surface area contributed by atoms with Gasteiger partial charge in [0.1, 0.15) is 5.82 Å². The summed E-state index contributed by atoms with van der Waals surface area (Å²) in [6.07, 6.45) is 1.81. The summed E-state index contributed by atoms with van der Waals surface area (Å²) in [5.74, 6) is 0.206. The number of anilines is 1. The predicted molar refractivity (Wildman–Crippen MR) is 74.1 cm³/mol. The van der Waals surface area contributed by atoms with Crippen molar-refractivity contribution in [1.29, 1.82) is 0 Å². The lowest BCUT2D eigenvalue weighted by Gasteiger charge is -2.11. The van der Waals surface area contributed by atoms with E-state index >= 15 is 0 Å². The van der Waals surface area contributed by atoms with E-state index in [9.17, 15) is 9.59 Å². The molecule has 2 amide bonds. The first-order chi connectivity index (χ1) is 9.74. The Bertz CT molecular complexity index is 655. The molecule has 1 aliphatic rings. The lowest BCUT2D eigenvalue weighted by atomic mass is 10.0. The summed E-state index contributed by atoms with van der Waals surface area (Å²) >= 11 is 0. The molecule has 0 spiro atoms. The van der Waals surface area contributed by atoms with Gasteiger partial charge in [-0.2, -0.15) is 0 Å². The number of amides is 2. The fraction of sp³-hybridized carbons (Fsp3) is 0.133. The van der Waals surface area contributed by atoms with Gasteiger partial charge in [0.15, 0.2) is 0 Å². The molecule has 1 aromatic heterocycles. The van der Waals surface area contributed by atoms with Crippen molar-refractivity contribution < 1.29 is 9.59 Å². The minimum Gasteiger partial charge on any atom is -0.345 e. The maximum absolute atomic E-state index is 12.0. The molecule has 2 N–H and O–H groups in total. The maximum atomic E-state index is 12.0. The van der Waals surface area contributed by atoms with Crippen LogP contribution in [0.5, 0.6) is 0 Å². The fourth-order valence-corrected chi connectivity index (χ4v) is 2.30. The van der Waals surface area contributed by atoms with Crippen LogP contribution in [0, 0.1) is 0 Å². The van der Waals surface area contributed by atoms with Gasteiger partial charge in [0.2, 0.25) is 5.91 Å². The molecule has 3 rings (SSSR count). The van der Waals surface area contributed by atoms with Crippen molar-refractivity contribution in [3.05, 3.63) is 59.8 Å². The molecule has 1 unspecified atom stereocenters. The van der Waals surface area contributed by atoms with Gasteiger partial charge in [-0.15, -0.1) is 0 Å². The third-order valence-corrected chi connectivity index (χ3v) is 3.21. The van der Waals surface area contributed by atoms with Crippen LogP contribution in [0.15, 0.2) is 48.7 Å². The normalized spacial score (nSPS) is 16.4. The van der Waals surface area contributed by atoms with E-state index in [4.69, 9.17) is 0 Å². The Morgan fingerprint density at radius 2 is 2.00 bits per heavy atom. The molecule has 1 atom stereocenters. The van der Waals surface area contributed by atoms with E-state index in [-0.39, 0.29) is 24.3 Å². The minimum absolute atomic E-state index is 0.128. The first-order valence-corrected chi connectivity index (χ1v) is 6.35.